The van der Waals surface area contributed by atoms with E-state index in [1.807, 2.05) is 0 Å². The molecule has 0 bridgehead atoms. The molecule has 0 saturated heterocycles. The fourth-order valence-corrected chi connectivity index (χ4v) is 3.08. The highest BCUT2D eigenvalue weighted by Gasteiger charge is 2.37. The van der Waals surface area contributed by atoms with E-state index < -0.39 is 0 Å². The summed E-state index contributed by atoms with van der Waals surface area (Å²) in [6.07, 6.45) is 7.42. The minimum atomic E-state index is -0.120. The molecule has 0 radical (unpaired) electrons. The Hall–Kier alpha value is -0.0800. The Morgan fingerprint density at radius 2 is 2.00 bits per heavy atom. The van der Waals surface area contributed by atoms with Gasteiger partial charge in [-0.05, 0) is 44.2 Å². The Labute approximate surface area is 107 Å². The summed E-state index contributed by atoms with van der Waals surface area (Å²) in [5, 5.41) is 10.4. The Kier molecular flexibility index (Phi) is 5.94. The van der Waals surface area contributed by atoms with Crippen LogP contribution in [0.3, 0.4) is 0 Å². The highest BCUT2D eigenvalue weighted by atomic mass is 16.3. The van der Waals surface area contributed by atoms with Crippen molar-refractivity contribution in [1.29, 1.82) is 0 Å². The van der Waals surface area contributed by atoms with Gasteiger partial charge in [-0.15, -0.1) is 0 Å². The summed E-state index contributed by atoms with van der Waals surface area (Å²) in [5.74, 6) is 0.477. The Morgan fingerprint density at radius 1 is 1.29 bits per heavy atom. The van der Waals surface area contributed by atoms with Crippen LogP contribution in [-0.4, -0.2) is 36.2 Å². The zero-order chi connectivity index (χ0) is 12.9. The summed E-state index contributed by atoms with van der Waals surface area (Å²) < 4.78 is 0. The van der Waals surface area contributed by atoms with Gasteiger partial charge in [0.05, 0.1) is 6.10 Å². The fraction of sp³-hybridized carbons (Fsp3) is 1.00. The van der Waals surface area contributed by atoms with Crippen molar-refractivity contribution < 1.29 is 5.11 Å². The van der Waals surface area contributed by atoms with E-state index in [0.717, 1.165) is 6.54 Å². The van der Waals surface area contributed by atoms with Crippen LogP contribution in [0.15, 0.2) is 0 Å². The second-order valence-electron chi connectivity index (χ2n) is 6.56. The first-order chi connectivity index (χ1) is 7.97. The number of hydrogen-bond acceptors (Lipinski definition) is 2. The quantitative estimate of drug-likeness (QED) is 0.721. The van der Waals surface area contributed by atoms with Gasteiger partial charge in [0.25, 0.3) is 0 Å². The van der Waals surface area contributed by atoms with Gasteiger partial charge in [-0.25, -0.2) is 0 Å². The summed E-state index contributed by atoms with van der Waals surface area (Å²) in [4.78, 5) is 2.41. The maximum Gasteiger partial charge on any atom is 0.0631 e. The first-order valence-corrected chi connectivity index (χ1v) is 7.34. The van der Waals surface area contributed by atoms with Crippen molar-refractivity contribution in [3.05, 3.63) is 0 Å². The van der Waals surface area contributed by atoms with Crippen LogP contribution < -0.4 is 0 Å². The molecule has 0 spiro atoms. The lowest BCUT2D eigenvalue weighted by Crippen LogP contribution is -2.44. The molecule has 1 saturated carbocycles. The third kappa shape index (κ3) is 4.59. The number of hydrogen-bond donors (Lipinski definition) is 1. The highest BCUT2D eigenvalue weighted by molar-refractivity contribution is 4.89. The normalized spacial score (nSPS) is 28.6. The fourth-order valence-electron chi connectivity index (χ4n) is 3.08. The van der Waals surface area contributed by atoms with E-state index in [0.29, 0.717) is 5.92 Å². The predicted molar refractivity (Wildman–Crippen MR) is 74.2 cm³/mol. The van der Waals surface area contributed by atoms with Crippen molar-refractivity contribution >= 4 is 0 Å². The molecule has 0 aliphatic heterocycles. The second-order valence-corrected chi connectivity index (χ2v) is 6.56. The highest BCUT2D eigenvalue weighted by Crippen LogP contribution is 2.39. The van der Waals surface area contributed by atoms with Crippen LogP contribution in [0, 0.1) is 11.3 Å². The molecule has 1 fully saturated rings. The van der Waals surface area contributed by atoms with Crippen molar-refractivity contribution in [2.45, 2.75) is 65.4 Å². The van der Waals surface area contributed by atoms with E-state index in [1.165, 1.54) is 45.1 Å². The first-order valence-electron chi connectivity index (χ1n) is 7.34. The van der Waals surface area contributed by atoms with Crippen molar-refractivity contribution in [3.63, 3.8) is 0 Å². The zero-order valence-electron chi connectivity index (χ0n) is 12.2. The van der Waals surface area contributed by atoms with Gasteiger partial charge in [0.15, 0.2) is 0 Å². The van der Waals surface area contributed by atoms with E-state index in [2.05, 4.69) is 32.7 Å². The molecule has 2 heteroatoms. The molecule has 102 valence electrons. The Bertz CT molecular complexity index is 215. The van der Waals surface area contributed by atoms with Gasteiger partial charge >= 0.3 is 0 Å². The Morgan fingerprint density at radius 3 is 2.65 bits per heavy atom. The van der Waals surface area contributed by atoms with E-state index in [9.17, 15) is 5.11 Å². The molecule has 0 aromatic rings. The first kappa shape index (κ1) is 15.0. The summed E-state index contributed by atoms with van der Waals surface area (Å²) in [7, 11) is 2.20. The van der Waals surface area contributed by atoms with Gasteiger partial charge < -0.3 is 10.0 Å². The third-order valence-electron chi connectivity index (χ3n) is 4.33. The number of unbranched alkanes of at least 4 members (excludes halogenated alkanes) is 2. The average Bonchev–Trinajstić information content (AvgIpc) is 2.25. The van der Waals surface area contributed by atoms with Crippen molar-refractivity contribution in [2.75, 3.05) is 20.1 Å². The van der Waals surface area contributed by atoms with Gasteiger partial charge in [0.2, 0.25) is 0 Å². The van der Waals surface area contributed by atoms with Gasteiger partial charge in [0.1, 0.15) is 0 Å². The van der Waals surface area contributed by atoms with Crippen molar-refractivity contribution in [3.8, 4) is 0 Å². The van der Waals surface area contributed by atoms with Crippen LogP contribution in [0.5, 0.6) is 0 Å². The molecule has 0 amide bonds. The smallest absolute Gasteiger partial charge is 0.0631 e. The average molecular weight is 241 g/mol. The van der Waals surface area contributed by atoms with E-state index >= 15 is 0 Å². The monoisotopic (exact) mass is 241 g/mol. The molecule has 1 N–H and O–H groups in total. The number of aliphatic hydroxyl groups is 1. The summed E-state index contributed by atoms with van der Waals surface area (Å²) >= 11 is 0. The van der Waals surface area contributed by atoms with E-state index in [-0.39, 0.29) is 11.5 Å². The molecule has 17 heavy (non-hydrogen) atoms. The van der Waals surface area contributed by atoms with Crippen LogP contribution >= 0.6 is 0 Å². The van der Waals surface area contributed by atoms with Crippen LogP contribution in [0.25, 0.3) is 0 Å². The number of aliphatic hydroxyl groups excluding tert-OH is 1. The SMILES string of the molecule is CCCCCN(C)CC1CCCC(C)(C)C1O. The topological polar surface area (TPSA) is 23.5 Å². The lowest BCUT2D eigenvalue weighted by Gasteiger charge is -2.42. The molecule has 0 aromatic carbocycles. The minimum absolute atomic E-state index is 0.118. The van der Waals surface area contributed by atoms with Crippen LogP contribution in [0.1, 0.15) is 59.3 Å². The molecule has 1 rings (SSSR count). The molecular weight excluding hydrogens is 210 g/mol. The molecule has 1 aliphatic rings. The molecule has 0 heterocycles. The summed E-state index contributed by atoms with van der Waals surface area (Å²) in [6.45, 7) is 8.90. The Balaban J connectivity index is 2.34. The third-order valence-corrected chi connectivity index (χ3v) is 4.33. The zero-order valence-corrected chi connectivity index (χ0v) is 12.2. The molecule has 2 atom stereocenters. The lowest BCUT2D eigenvalue weighted by atomic mass is 9.69. The summed E-state index contributed by atoms with van der Waals surface area (Å²) in [5.41, 5.74) is 0.118. The van der Waals surface area contributed by atoms with Gasteiger partial charge in [0, 0.05) is 6.54 Å². The molecular formula is C15H31NO. The largest absolute Gasteiger partial charge is 0.392 e. The van der Waals surface area contributed by atoms with E-state index in [1.54, 1.807) is 0 Å². The maximum absolute atomic E-state index is 10.4. The molecule has 2 unspecified atom stereocenters. The minimum Gasteiger partial charge on any atom is -0.392 e. The molecule has 2 nitrogen and oxygen atoms in total. The molecule has 1 aliphatic carbocycles. The maximum atomic E-state index is 10.4. The van der Waals surface area contributed by atoms with Gasteiger partial charge in [-0.3, -0.25) is 0 Å². The van der Waals surface area contributed by atoms with Crippen LogP contribution in [-0.2, 0) is 0 Å². The van der Waals surface area contributed by atoms with Crippen LogP contribution in [0.4, 0.5) is 0 Å². The predicted octanol–water partition coefficient (Wildman–Crippen LogP) is 3.30. The number of nitrogens with zero attached hydrogens (tertiary/aromatic N) is 1. The number of rotatable bonds is 6. The molecule has 0 aromatic heterocycles. The van der Waals surface area contributed by atoms with Crippen LogP contribution in [0.2, 0.25) is 0 Å². The summed E-state index contributed by atoms with van der Waals surface area (Å²) in [6, 6.07) is 0. The van der Waals surface area contributed by atoms with Gasteiger partial charge in [-0.2, -0.15) is 0 Å². The standard InChI is InChI=1S/C15H31NO/c1-5-6-7-11-16(4)12-13-9-8-10-15(2,3)14(13)17/h13-14,17H,5-12H2,1-4H3. The van der Waals surface area contributed by atoms with Gasteiger partial charge in [-0.1, -0.05) is 40.0 Å². The van der Waals surface area contributed by atoms with E-state index in [4.69, 9.17) is 0 Å². The van der Waals surface area contributed by atoms with Crippen molar-refractivity contribution in [2.24, 2.45) is 11.3 Å². The lowest BCUT2D eigenvalue weighted by molar-refractivity contribution is -0.0409. The van der Waals surface area contributed by atoms with Crippen molar-refractivity contribution in [1.82, 2.24) is 4.90 Å². The second kappa shape index (κ2) is 6.75.